The van der Waals surface area contributed by atoms with Crippen molar-refractivity contribution in [1.29, 1.82) is 0 Å². The molecule has 0 amide bonds. The summed E-state index contributed by atoms with van der Waals surface area (Å²) in [4.78, 5) is 0.725. The molecule has 1 aliphatic rings. The fraction of sp³-hybridized carbons (Fsp3) is 0.421. The van der Waals surface area contributed by atoms with E-state index in [4.69, 9.17) is 9.47 Å². The van der Waals surface area contributed by atoms with Crippen molar-refractivity contribution < 1.29 is 17.9 Å². The Morgan fingerprint density at radius 1 is 1.10 bits per heavy atom. The van der Waals surface area contributed by atoms with Crippen LogP contribution in [0.4, 0.5) is 0 Å². The number of benzene rings is 1. The van der Waals surface area contributed by atoms with E-state index in [1.807, 2.05) is 30.4 Å². The van der Waals surface area contributed by atoms with Crippen LogP contribution in [0.15, 0.2) is 18.2 Å². The Morgan fingerprint density at radius 2 is 1.83 bits per heavy atom. The molecule has 0 N–H and O–H groups in total. The zero-order valence-corrected chi connectivity index (χ0v) is 18.6. The molecule has 4 rings (SSSR count). The Labute approximate surface area is 179 Å². The van der Waals surface area contributed by atoms with Gasteiger partial charge in [0, 0.05) is 19.0 Å². The lowest BCUT2D eigenvalue weighted by molar-refractivity contribution is 0.313. The smallest absolute Gasteiger partial charge is 0.234 e. The minimum Gasteiger partial charge on any atom is -0.493 e. The highest BCUT2D eigenvalue weighted by molar-refractivity contribution is 7.88. The number of sulfonamides is 1. The number of ether oxygens (including phenoxy) is 2. The van der Waals surface area contributed by atoms with Crippen LogP contribution in [-0.2, 0) is 10.0 Å². The van der Waals surface area contributed by atoms with Gasteiger partial charge in [-0.1, -0.05) is 23.5 Å². The van der Waals surface area contributed by atoms with Gasteiger partial charge in [-0.15, -0.1) is 10.2 Å². The summed E-state index contributed by atoms with van der Waals surface area (Å²) in [5.74, 6) is 2.28. The number of rotatable bonds is 6. The second-order valence-electron chi connectivity index (χ2n) is 7.08. The molecule has 1 aliphatic heterocycles. The van der Waals surface area contributed by atoms with Gasteiger partial charge in [0.05, 0.1) is 20.5 Å². The predicted molar refractivity (Wildman–Crippen MR) is 116 cm³/mol. The molecule has 1 saturated heterocycles. The third-order valence-electron chi connectivity index (χ3n) is 5.14. The molecule has 30 heavy (non-hydrogen) atoms. The molecule has 1 fully saturated rings. The first-order valence-electron chi connectivity index (χ1n) is 9.46. The van der Waals surface area contributed by atoms with Crippen molar-refractivity contribution in [3.05, 3.63) is 34.6 Å². The molecule has 11 heteroatoms. The van der Waals surface area contributed by atoms with E-state index in [1.165, 1.54) is 21.9 Å². The van der Waals surface area contributed by atoms with Crippen LogP contribution in [0.3, 0.4) is 0 Å². The first-order chi connectivity index (χ1) is 14.4. The molecule has 1 aromatic carbocycles. The van der Waals surface area contributed by atoms with Crippen molar-refractivity contribution in [1.82, 2.24) is 24.1 Å². The Bertz CT molecular complexity index is 1180. The fourth-order valence-corrected chi connectivity index (χ4v) is 5.16. The van der Waals surface area contributed by atoms with Crippen molar-refractivity contribution in [2.24, 2.45) is 0 Å². The number of nitrogens with zero attached hydrogens (tertiary/aromatic N) is 5. The summed E-state index contributed by atoms with van der Waals surface area (Å²) < 4.78 is 37.3. The third-order valence-corrected chi connectivity index (χ3v) is 7.31. The Hall–Kier alpha value is -2.50. The van der Waals surface area contributed by atoms with Crippen LogP contribution < -0.4 is 9.47 Å². The van der Waals surface area contributed by atoms with Gasteiger partial charge >= 0.3 is 0 Å². The monoisotopic (exact) mass is 449 g/mol. The number of fused-ring (bicyclic) bond motifs is 1. The molecule has 160 valence electrons. The lowest BCUT2D eigenvalue weighted by Crippen LogP contribution is -2.37. The van der Waals surface area contributed by atoms with E-state index < -0.39 is 10.0 Å². The molecule has 9 nitrogen and oxygen atoms in total. The second-order valence-corrected chi connectivity index (χ2v) is 10.0. The molecular weight excluding hydrogens is 426 g/mol. The average Bonchev–Trinajstić information content (AvgIpc) is 3.32. The first kappa shape index (κ1) is 20.8. The van der Waals surface area contributed by atoms with Crippen LogP contribution in [0.25, 0.3) is 17.1 Å². The minimum absolute atomic E-state index is 0.141. The summed E-state index contributed by atoms with van der Waals surface area (Å²) in [5, 5.41) is 14.0. The lowest BCUT2D eigenvalue weighted by Gasteiger charge is -2.28. The zero-order chi connectivity index (χ0) is 21.3. The number of piperidine rings is 1. The third kappa shape index (κ3) is 4.18. The van der Waals surface area contributed by atoms with Crippen LogP contribution in [0.5, 0.6) is 11.5 Å². The van der Waals surface area contributed by atoms with Gasteiger partial charge in [0.15, 0.2) is 17.3 Å². The van der Waals surface area contributed by atoms with Crippen LogP contribution in [0, 0.1) is 0 Å². The van der Waals surface area contributed by atoms with E-state index >= 15 is 0 Å². The number of methoxy groups -OCH3 is 2. The molecule has 0 bridgehead atoms. The van der Waals surface area contributed by atoms with Crippen molar-refractivity contribution in [3.63, 3.8) is 0 Å². The van der Waals surface area contributed by atoms with E-state index in [1.54, 1.807) is 18.7 Å². The quantitative estimate of drug-likeness (QED) is 0.570. The highest BCUT2D eigenvalue weighted by atomic mass is 32.2. The summed E-state index contributed by atoms with van der Waals surface area (Å²) in [7, 11) is 0.0650. The van der Waals surface area contributed by atoms with Crippen molar-refractivity contribution in [2.45, 2.75) is 18.8 Å². The van der Waals surface area contributed by atoms with Crippen LogP contribution >= 0.6 is 11.3 Å². The molecule has 3 heterocycles. The average molecular weight is 450 g/mol. The van der Waals surface area contributed by atoms with Gasteiger partial charge in [-0.3, -0.25) is 0 Å². The van der Waals surface area contributed by atoms with Crippen molar-refractivity contribution in [3.8, 4) is 11.5 Å². The first-order valence-corrected chi connectivity index (χ1v) is 12.1. The molecule has 0 spiro atoms. The van der Waals surface area contributed by atoms with Crippen molar-refractivity contribution >= 4 is 38.5 Å². The fourth-order valence-electron chi connectivity index (χ4n) is 3.54. The second kappa shape index (κ2) is 8.32. The predicted octanol–water partition coefficient (Wildman–Crippen LogP) is 2.51. The lowest BCUT2D eigenvalue weighted by atomic mass is 9.97. The topological polar surface area (TPSA) is 98.9 Å². The van der Waals surface area contributed by atoms with Gasteiger partial charge in [0.2, 0.25) is 15.0 Å². The highest BCUT2D eigenvalue weighted by Crippen LogP contribution is 2.30. The molecule has 0 aliphatic carbocycles. The Balaban J connectivity index is 1.52. The summed E-state index contributed by atoms with van der Waals surface area (Å²) in [6.07, 6.45) is 6.55. The maximum absolute atomic E-state index is 11.7. The summed E-state index contributed by atoms with van der Waals surface area (Å²) in [5.41, 5.74) is 0.965. The van der Waals surface area contributed by atoms with Crippen molar-refractivity contribution in [2.75, 3.05) is 33.6 Å². The van der Waals surface area contributed by atoms with E-state index in [2.05, 4.69) is 15.3 Å². The molecule has 0 atom stereocenters. The summed E-state index contributed by atoms with van der Waals surface area (Å²) in [6.45, 7) is 0.989. The van der Waals surface area contributed by atoms with E-state index in [0.717, 1.165) is 21.4 Å². The van der Waals surface area contributed by atoms with Crippen LogP contribution in [0.1, 0.15) is 35.2 Å². The minimum atomic E-state index is -3.15. The standard InChI is InChI=1S/C19H23N5O4S2/c1-27-15-6-4-13(12-16(15)28-2)5-7-17-22-24-18(20-21-19(24)29-17)14-8-10-23(11-9-14)30(3,25)26/h4-7,12,14H,8-11H2,1-3H3. The normalized spacial score (nSPS) is 16.5. The molecule has 3 aromatic rings. The van der Waals surface area contributed by atoms with Gasteiger partial charge < -0.3 is 9.47 Å². The largest absolute Gasteiger partial charge is 0.493 e. The highest BCUT2D eigenvalue weighted by Gasteiger charge is 2.29. The summed E-state index contributed by atoms with van der Waals surface area (Å²) >= 11 is 1.45. The maximum Gasteiger partial charge on any atom is 0.234 e. The van der Waals surface area contributed by atoms with Gasteiger partial charge in [-0.2, -0.15) is 9.61 Å². The summed E-state index contributed by atoms with van der Waals surface area (Å²) in [6, 6.07) is 5.70. The SMILES string of the molecule is COc1ccc(C=Cc2nn3c(C4CCN(S(C)(=O)=O)CC4)nnc3s2)cc1OC. The Morgan fingerprint density at radius 3 is 2.50 bits per heavy atom. The van der Waals surface area contributed by atoms with Gasteiger partial charge in [0.1, 0.15) is 5.01 Å². The van der Waals surface area contributed by atoms with E-state index in [9.17, 15) is 8.42 Å². The molecule has 0 radical (unpaired) electrons. The Kier molecular flexibility index (Phi) is 5.76. The van der Waals surface area contributed by atoms with E-state index in [0.29, 0.717) is 37.4 Å². The molecular formula is C19H23N5O4S2. The van der Waals surface area contributed by atoms with Gasteiger partial charge in [-0.05, 0) is 36.6 Å². The maximum atomic E-state index is 11.7. The van der Waals surface area contributed by atoms with Gasteiger partial charge in [-0.25, -0.2) is 12.7 Å². The van der Waals surface area contributed by atoms with Crippen LogP contribution in [-0.4, -0.2) is 66.1 Å². The molecule has 2 aromatic heterocycles. The molecule has 0 unspecified atom stereocenters. The zero-order valence-electron chi connectivity index (χ0n) is 17.0. The van der Waals surface area contributed by atoms with E-state index in [-0.39, 0.29) is 5.92 Å². The van der Waals surface area contributed by atoms with Crippen LogP contribution in [0.2, 0.25) is 0 Å². The number of hydrogen-bond donors (Lipinski definition) is 0. The number of hydrogen-bond acceptors (Lipinski definition) is 8. The number of aromatic nitrogens is 4. The van der Waals surface area contributed by atoms with Gasteiger partial charge in [0.25, 0.3) is 0 Å². The molecule has 0 saturated carbocycles.